The zero-order valence-corrected chi connectivity index (χ0v) is 9.65. The van der Waals surface area contributed by atoms with Gasteiger partial charge in [-0.1, -0.05) is 30.3 Å². The van der Waals surface area contributed by atoms with Crippen molar-refractivity contribution in [2.24, 2.45) is 0 Å². The first-order valence-electron chi connectivity index (χ1n) is 5.81. The molecular weight excluding hydrogens is 200 g/mol. The number of hydrogen-bond donors (Lipinski definition) is 1. The van der Waals surface area contributed by atoms with Crippen molar-refractivity contribution in [3.8, 4) is 0 Å². The second-order valence-corrected chi connectivity index (χ2v) is 4.30. The number of nitrogens with zero attached hydrogens (tertiary/aromatic N) is 1. The second kappa shape index (κ2) is 5.12. The Morgan fingerprint density at radius 2 is 2.19 bits per heavy atom. The van der Waals surface area contributed by atoms with Gasteiger partial charge >= 0.3 is 0 Å². The molecule has 1 fully saturated rings. The Hall–Kier alpha value is -1.35. The third-order valence-electron chi connectivity index (χ3n) is 3.02. The summed E-state index contributed by atoms with van der Waals surface area (Å²) in [7, 11) is 0. The summed E-state index contributed by atoms with van der Waals surface area (Å²) in [6.07, 6.45) is 0.519. The molecule has 1 atom stereocenters. The third kappa shape index (κ3) is 2.61. The van der Waals surface area contributed by atoms with Crippen molar-refractivity contribution in [3.63, 3.8) is 0 Å². The second-order valence-electron chi connectivity index (χ2n) is 4.30. The first-order chi connectivity index (χ1) is 7.77. The normalized spacial score (nSPS) is 20.8. The van der Waals surface area contributed by atoms with Crippen LogP contribution in [-0.2, 0) is 11.2 Å². The summed E-state index contributed by atoms with van der Waals surface area (Å²) in [5.74, 6) is 0.236. The van der Waals surface area contributed by atoms with Crippen LogP contribution in [0.3, 0.4) is 0 Å². The number of nitrogens with one attached hydrogen (secondary N) is 1. The third-order valence-corrected chi connectivity index (χ3v) is 3.02. The van der Waals surface area contributed by atoms with Crippen molar-refractivity contribution in [1.82, 2.24) is 10.2 Å². The summed E-state index contributed by atoms with van der Waals surface area (Å²) in [4.78, 5) is 14.1. The van der Waals surface area contributed by atoms with Crippen LogP contribution < -0.4 is 5.32 Å². The van der Waals surface area contributed by atoms with Gasteiger partial charge in [0.25, 0.3) is 0 Å². The molecule has 3 heteroatoms. The van der Waals surface area contributed by atoms with Gasteiger partial charge in [-0.2, -0.15) is 0 Å². The predicted molar refractivity (Wildman–Crippen MR) is 64.2 cm³/mol. The largest absolute Gasteiger partial charge is 0.337 e. The fraction of sp³-hybridized carbons (Fsp3) is 0.462. The highest BCUT2D eigenvalue weighted by Crippen LogP contribution is 2.07. The van der Waals surface area contributed by atoms with Crippen LogP contribution in [0.5, 0.6) is 0 Å². The summed E-state index contributed by atoms with van der Waals surface area (Å²) in [6.45, 7) is 4.73. The smallest absolute Gasteiger partial charge is 0.227 e. The molecule has 1 amide bonds. The first-order valence-corrected chi connectivity index (χ1v) is 5.81. The van der Waals surface area contributed by atoms with Crippen LogP contribution in [0, 0.1) is 0 Å². The molecule has 1 N–H and O–H groups in total. The molecule has 1 aliphatic heterocycles. The van der Waals surface area contributed by atoms with Gasteiger partial charge in [0.2, 0.25) is 5.91 Å². The van der Waals surface area contributed by atoms with E-state index in [0.29, 0.717) is 12.5 Å². The number of rotatable bonds is 2. The lowest BCUT2D eigenvalue weighted by Crippen LogP contribution is -2.52. The number of benzene rings is 1. The average Bonchev–Trinajstić information content (AvgIpc) is 2.31. The molecular formula is C13H18N2O. The maximum atomic E-state index is 12.1. The molecule has 1 saturated heterocycles. The average molecular weight is 218 g/mol. The molecule has 0 bridgehead atoms. The Balaban J connectivity index is 1.97. The topological polar surface area (TPSA) is 32.3 Å². The summed E-state index contributed by atoms with van der Waals surface area (Å²) < 4.78 is 0. The van der Waals surface area contributed by atoms with Crippen LogP contribution >= 0.6 is 0 Å². The Morgan fingerprint density at radius 1 is 1.44 bits per heavy atom. The standard InChI is InChI=1S/C13H18N2O/c1-11-10-14-7-8-15(11)13(16)9-12-5-3-2-4-6-12/h2-6,11,14H,7-10H2,1H3. The monoisotopic (exact) mass is 218 g/mol. The lowest BCUT2D eigenvalue weighted by molar-refractivity contribution is -0.133. The molecule has 16 heavy (non-hydrogen) atoms. The number of hydrogen-bond acceptors (Lipinski definition) is 2. The molecule has 1 unspecified atom stereocenters. The lowest BCUT2D eigenvalue weighted by atomic mass is 10.1. The Kier molecular flexibility index (Phi) is 3.57. The van der Waals surface area contributed by atoms with Crippen molar-refractivity contribution in [2.45, 2.75) is 19.4 Å². The minimum absolute atomic E-state index is 0.236. The highest BCUT2D eigenvalue weighted by molar-refractivity contribution is 5.79. The SMILES string of the molecule is CC1CNCCN1C(=O)Cc1ccccc1. The number of amides is 1. The summed E-state index contributed by atoms with van der Waals surface area (Å²) >= 11 is 0. The van der Waals surface area contributed by atoms with Crippen LogP contribution in [0.1, 0.15) is 12.5 Å². The summed E-state index contributed by atoms with van der Waals surface area (Å²) in [5.41, 5.74) is 1.10. The molecule has 0 aromatic heterocycles. The van der Waals surface area contributed by atoms with Gasteiger partial charge in [-0.25, -0.2) is 0 Å². The van der Waals surface area contributed by atoms with Crippen LogP contribution in [-0.4, -0.2) is 36.5 Å². The zero-order valence-electron chi connectivity index (χ0n) is 9.65. The molecule has 1 heterocycles. The molecule has 1 aromatic rings. The number of carbonyl (C=O) groups excluding carboxylic acids is 1. The van der Waals surface area contributed by atoms with E-state index < -0.39 is 0 Å². The quantitative estimate of drug-likeness (QED) is 0.804. The molecule has 0 spiro atoms. The van der Waals surface area contributed by atoms with E-state index in [0.717, 1.165) is 25.2 Å². The van der Waals surface area contributed by atoms with E-state index in [-0.39, 0.29) is 5.91 Å². The Labute approximate surface area is 96.5 Å². The van der Waals surface area contributed by atoms with Crippen molar-refractivity contribution in [1.29, 1.82) is 0 Å². The number of piperazine rings is 1. The van der Waals surface area contributed by atoms with Crippen molar-refractivity contribution >= 4 is 5.91 Å². The highest BCUT2D eigenvalue weighted by atomic mass is 16.2. The van der Waals surface area contributed by atoms with Crippen LogP contribution in [0.2, 0.25) is 0 Å². The van der Waals surface area contributed by atoms with Gasteiger partial charge in [-0.05, 0) is 12.5 Å². The minimum atomic E-state index is 0.236. The van der Waals surface area contributed by atoms with Gasteiger partial charge < -0.3 is 10.2 Å². The first kappa shape index (κ1) is 11.1. The molecule has 1 aliphatic rings. The molecule has 1 aromatic carbocycles. The van der Waals surface area contributed by atoms with E-state index in [4.69, 9.17) is 0 Å². The van der Waals surface area contributed by atoms with Gasteiger partial charge in [0.1, 0.15) is 0 Å². The minimum Gasteiger partial charge on any atom is -0.337 e. The number of carbonyl (C=O) groups is 1. The van der Waals surface area contributed by atoms with E-state index in [1.54, 1.807) is 0 Å². The van der Waals surface area contributed by atoms with Gasteiger partial charge in [-0.3, -0.25) is 4.79 Å². The molecule has 3 nitrogen and oxygen atoms in total. The van der Waals surface area contributed by atoms with Gasteiger partial charge in [-0.15, -0.1) is 0 Å². The van der Waals surface area contributed by atoms with Crippen molar-refractivity contribution in [3.05, 3.63) is 35.9 Å². The van der Waals surface area contributed by atoms with E-state index in [1.807, 2.05) is 35.2 Å². The molecule has 0 radical (unpaired) electrons. The fourth-order valence-electron chi connectivity index (χ4n) is 2.08. The Bertz CT molecular complexity index is 350. The molecule has 86 valence electrons. The maximum Gasteiger partial charge on any atom is 0.227 e. The van der Waals surface area contributed by atoms with Gasteiger partial charge in [0.05, 0.1) is 6.42 Å². The van der Waals surface area contributed by atoms with E-state index in [2.05, 4.69) is 12.2 Å². The fourth-order valence-corrected chi connectivity index (χ4v) is 2.08. The Morgan fingerprint density at radius 3 is 2.88 bits per heavy atom. The van der Waals surface area contributed by atoms with Gasteiger partial charge in [0, 0.05) is 25.7 Å². The van der Waals surface area contributed by atoms with Crippen LogP contribution in [0.15, 0.2) is 30.3 Å². The summed E-state index contributed by atoms with van der Waals surface area (Å²) in [5, 5.41) is 3.29. The zero-order chi connectivity index (χ0) is 11.4. The van der Waals surface area contributed by atoms with Crippen LogP contribution in [0.4, 0.5) is 0 Å². The van der Waals surface area contributed by atoms with Crippen LogP contribution in [0.25, 0.3) is 0 Å². The predicted octanol–water partition coefficient (Wildman–Crippen LogP) is 1.05. The van der Waals surface area contributed by atoms with E-state index >= 15 is 0 Å². The van der Waals surface area contributed by atoms with Gasteiger partial charge in [0.15, 0.2) is 0 Å². The van der Waals surface area contributed by atoms with E-state index in [9.17, 15) is 4.79 Å². The van der Waals surface area contributed by atoms with Crippen molar-refractivity contribution in [2.75, 3.05) is 19.6 Å². The lowest BCUT2D eigenvalue weighted by Gasteiger charge is -2.34. The molecule has 0 saturated carbocycles. The van der Waals surface area contributed by atoms with E-state index in [1.165, 1.54) is 0 Å². The molecule has 2 rings (SSSR count). The van der Waals surface area contributed by atoms with Crippen molar-refractivity contribution < 1.29 is 4.79 Å². The maximum absolute atomic E-state index is 12.1. The molecule has 0 aliphatic carbocycles. The highest BCUT2D eigenvalue weighted by Gasteiger charge is 2.22. The summed E-state index contributed by atoms with van der Waals surface area (Å²) in [6, 6.07) is 10.2.